The molecule has 0 spiro atoms. The lowest BCUT2D eigenvalue weighted by molar-refractivity contribution is -0.145. The second kappa shape index (κ2) is 13.5. The van der Waals surface area contributed by atoms with Gasteiger partial charge in [-0.2, -0.15) is 0 Å². The number of carbonyl (C=O) groups is 3. The van der Waals surface area contributed by atoms with Gasteiger partial charge in [0, 0.05) is 19.4 Å². The number of aliphatic hydroxyl groups excluding tert-OH is 1. The Labute approximate surface area is 190 Å². The first-order valence-corrected chi connectivity index (χ1v) is 11.1. The summed E-state index contributed by atoms with van der Waals surface area (Å²) in [4.78, 5) is 39.5. The molecule has 0 radical (unpaired) electrons. The van der Waals surface area contributed by atoms with E-state index in [0.717, 1.165) is 18.4 Å². The molecule has 1 saturated heterocycles. The van der Waals surface area contributed by atoms with Crippen molar-refractivity contribution in [3.63, 3.8) is 0 Å². The Morgan fingerprint density at radius 1 is 1.22 bits per heavy atom. The number of rotatable bonds is 13. The van der Waals surface area contributed by atoms with Gasteiger partial charge in [0.05, 0.1) is 24.6 Å². The van der Waals surface area contributed by atoms with Crippen LogP contribution in [0.3, 0.4) is 0 Å². The zero-order valence-electron chi connectivity index (χ0n) is 18.6. The molecule has 0 bridgehead atoms. The Morgan fingerprint density at radius 2 is 1.97 bits per heavy atom. The van der Waals surface area contributed by atoms with Gasteiger partial charge in [-0.3, -0.25) is 14.4 Å². The van der Waals surface area contributed by atoms with E-state index in [2.05, 4.69) is 18.5 Å². The highest BCUT2D eigenvalue weighted by atomic mass is 16.5. The molecule has 2 N–H and O–H groups in total. The quantitative estimate of drug-likeness (QED) is 0.362. The number of ether oxygens (including phenoxy) is 1. The fraction of sp³-hybridized carbons (Fsp3) is 0.480. The highest BCUT2D eigenvalue weighted by Gasteiger charge is 2.31. The van der Waals surface area contributed by atoms with Crippen molar-refractivity contribution < 1.29 is 24.2 Å². The van der Waals surface area contributed by atoms with Gasteiger partial charge in [0.1, 0.15) is 6.61 Å². The highest BCUT2D eigenvalue weighted by Crippen LogP contribution is 2.22. The summed E-state index contributed by atoms with van der Waals surface area (Å²) >= 11 is 0. The minimum atomic E-state index is -0.595. The van der Waals surface area contributed by atoms with Crippen LogP contribution in [0, 0.1) is 5.92 Å². The predicted octanol–water partition coefficient (Wildman–Crippen LogP) is 2.92. The number of nitrogens with zero attached hydrogens (tertiary/aromatic N) is 1. The van der Waals surface area contributed by atoms with Crippen LogP contribution >= 0.6 is 0 Å². The van der Waals surface area contributed by atoms with Crippen LogP contribution in [0.4, 0.5) is 0 Å². The smallest absolute Gasteiger partial charge is 0.306 e. The molecule has 0 aliphatic carbocycles. The summed E-state index contributed by atoms with van der Waals surface area (Å²) in [7, 11) is 0. The van der Waals surface area contributed by atoms with Crippen molar-refractivity contribution in [2.24, 2.45) is 5.92 Å². The van der Waals surface area contributed by atoms with E-state index in [0.29, 0.717) is 19.4 Å². The normalized spacial score (nSPS) is 17.3. The van der Waals surface area contributed by atoms with Gasteiger partial charge >= 0.3 is 5.97 Å². The lowest BCUT2D eigenvalue weighted by atomic mass is 9.98. The average molecular weight is 443 g/mol. The van der Waals surface area contributed by atoms with Crippen molar-refractivity contribution in [2.45, 2.75) is 50.6 Å². The van der Waals surface area contributed by atoms with Gasteiger partial charge in [0.25, 0.3) is 0 Å². The van der Waals surface area contributed by atoms with Crippen molar-refractivity contribution in [1.29, 1.82) is 0 Å². The first-order chi connectivity index (χ1) is 15.5. The molecule has 2 rings (SSSR count). The number of allylic oxidation sites excluding steroid dienone is 2. The van der Waals surface area contributed by atoms with Gasteiger partial charge in [-0.05, 0) is 31.2 Å². The second-order valence-electron chi connectivity index (χ2n) is 7.97. The number of amides is 2. The SMILES string of the molecule is C=CCCC(=O)OC[C@@H](NC(=O)[C@@H](CC=C)CC(=O)N1CCC[C@H]1CO)c1ccccc1. The maximum atomic E-state index is 13.1. The van der Waals surface area contributed by atoms with Crippen LogP contribution in [0.2, 0.25) is 0 Å². The highest BCUT2D eigenvalue weighted by molar-refractivity contribution is 5.86. The number of aliphatic hydroxyl groups is 1. The molecule has 1 aromatic carbocycles. The fourth-order valence-corrected chi connectivity index (χ4v) is 3.83. The third-order valence-corrected chi connectivity index (χ3v) is 5.63. The molecule has 3 atom stereocenters. The monoisotopic (exact) mass is 442 g/mol. The molecule has 174 valence electrons. The number of carbonyl (C=O) groups excluding carboxylic acids is 3. The summed E-state index contributed by atoms with van der Waals surface area (Å²) in [6, 6.07) is 8.56. The molecule has 1 heterocycles. The zero-order chi connectivity index (χ0) is 23.3. The fourth-order valence-electron chi connectivity index (χ4n) is 3.83. The van der Waals surface area contributed by atoms with Crippen LogP contribution < -0.4 is 5.32 Å². The van der Waals surface area contributed by atoms with E-state index in [1.165, 1.54) is 0 Å². The Kier molecular flexibility index (Phi) is 10.7. The molecule has 1 aliphatic heterocycles. The molecule has 1 fully saturated rings. The van der Waals surface area contributed by atoms with Crippen LogP contribution in [0.5, 0.6) is 0 Å². The van der Waals surface area contributed by atoms with Gasteiger partial charge < -0.3 is 20.1 Å². The number of likely N-dealkylation sites (tertiary alicyclic amines) is 1. The van der Waals surface area contributed by atoms with Crippen molar-refractivity contribution in [3.05, 3.63) is 61.2 Å². The van der Waals surface area contributed by atoms with Crippen LogP contribution in [-0.4, -0.2) is 53.6 Å². The third-order valence-electron chi connectivity index (χ3n) is 5.63. The Bertz CT molecular complexity index is 780. The first-order valence-electron chi connectivity index (χ1n) is 11.1. The molecular weight excluding hydrogens is 408 g/mol. The van der Waals surface area contributed by atoms with Crippen molar-refractivity contribution in [2.75, 3.05) is 19.8 Å². The lowest BCUT2D eigenvalue weighted by Crippen LogP contribution is -2.42. The van der Waals surface area contributed by atoms with E-state index in [1.54, 1.807) is 17.1 Å². The summed E-state index contributed by atoms with van der Waals surface area (Å²) in [5.74, 6) is -1.39. The van der Waals surface area contributed by atoms with E-state index < -0.39 is 12.0 Å². The van der Waals surface area contributed by atoms with E-state index >= 15 is 0 Å². The number of nitrogens with one attached hydrogen (secondary N) is 1. The van der Waals surface area contributed by atoms with Gasteiger partial charge in [-0.15, -0.1) is 13.2 Å². The van der Waals surface area contributed by atoms with Crippen molar-refractivity contribution in [1.82, 2.24) is 10.2 Å². The molecule has 1 aromatic rings. The Hall–Kier alpha value is -2.93. The topological polar surface area (TPSA) is 95.9 Å². The van der Waals surface area contributed by atoms with Crippen LogP contribution in [-0.2, 0) is 19.1 Å². The van der Waals surface area contributed by atoms with Crippen molar-refractivity contribution in [3.8, 4) is 0 Å². The van der Waals surface area contributed by atoms with Gasteiger partial charge in [-0.25, -0.2) is 0 Å². The van der Waals surface area contributed by atoms with E-state index in [9.17, 15) is 19.5 Å². The molecule has 0 unspecified atom stereocenters. The summed E-state index contributed by atoms with van der Waals surface area (Å²) in [5.41, 5.74) is 0.806. The molecule has 7 nitrogen and oxygen atoms in total. The number of benzene rings is 1. The molecule has 0 saturated carbocycles. The van der Waals surface area contributed by atoms with E-state index in [-0.39, 0.29) is 49.9 Å². The minimum Gasteiger partial charge on any atom is -0.463 e. The minimum absolute atomic E-state index is 0.000797. The van der Waals surface area contributed by atoms with E-state index in [4.69, 9.17) is 4.74 Å². The Balaban J connectivity index is 2.06. The molecule has 2 amide bonds. The summed E-state index contributed by atoms with van der Waals surface area (Å²) in [6.07, 6.45) is 6.03. The molecule has 0 aromatic heterocycles. The first kappa shape index (κ1) is 25.3. The van der Waals surface area contributed by atoms with Gasteiger partial charge in [-0.1, -0.05) is 42.5 Å². The summed E-state index contributed by atoms with van der Waals surface area (Å²) in [5, 5.41) is 12.4. The second-order valence-corrected chi connectivity index (χ2v) is 7.97. The maximum absolute atomic E-state index is 13.1. The van der Waals surface area contributed by atoms with Crippen LogP contribution in [0.1, 0.15) is 50.1 Å². The summed E-state index contributed by atoms with van der Waals surface area (Å²) < 4.78 is 5.37. The van der Waals surface area contributed by atoms with Crippen LogP contribution in [0.25, 0.3) is 0 Å². The molecule has 7 heteroatoms. The number of hydrogen-bond donors (Lipinski definition) is 2. The Morgan fingerprint density at radius 3 is 2.62 bits per heavy atom. The van der Waals surface area contributed by atoms with Crippen molar-refractivity contribution >= 4 is 17.8 Å². The zero-order valence-corrected chi connectivity index (χ0v) is 18.6. The molecule has 1 aliphatic rings. The standard InChI is InChI=1S/C25H34N2O5/c1-3-5-14-24(30)32-18-22(19-11-7-6-8-12-19)26-25(31)20(10-4-2)16-23(29)27-15-9-13-21(27)17-28/h3-4,6-8,11-12,20-22,28H,1-2,5,9-10,13-18H2,(H,26,31)/t20-,21-,22+/m0/s1. The average Bonchev–Trinajstić information content (AvgIpc) is 3.29. The van der Waals surface area contributed by atoms with E-state index in [1.807, 2.05) is 30.3 Å². The lowest BCUT2D eigenvalue weighted by Gasteiger charge is -2.26. The number of esters is 1. The largest absolute Gasteiger partial charge is 0.463 e. The summed E-state index contributed by atoms with van der Waals surface area (Å²) in [6.45, 7) is 7.84. The predicted molar refractivity (Wildman–Crippen MR) is 122 cm³/mol. The van der Waals surface area contributed by atoms with Crippen LogP contribution in [0.15, 0.2) is 55.6 Å². The molecular formula is C25H34N2O5. The number of hydrogen-bond acceptors (Lipinski definition) is 5. The third kappa shape index (κ3) is 7.64. The van der Waals surface area contributed by atoms with Gasteiger partial charge in [0.15, 0.2) is 0 Å². The maximum Gasteiger partial charge on any atom is 0.306 e. The van der Waals surface area contributed by atoms with Gasteiger partial charge in [0.2, 0.25) is 11.8 Å². The molecule has 32 heavy (non-hydrogen) atoms.